The van der Waals surface area contributed by atoms with Crippen molar-refractivity contribution in [3.8, 4) is 0 Å². The maximum absolute atomic E-state index is 6.13. The zero-order valence-corrected chi connectivity index (χ0v) is 11.1. The van der Waals surface area contributed by atoms with Crippen molar-refractivity contribution in [1.82, 2.24) is 4.90 Å². The second-order valence-corrected chi connectivity index (χ2v) is 5.24. The first-order valence-corrected chi connectivity index (χ1v) is 6.78. The predicted molar refractivity (Wildman–Crippen MR) is 68.2 cm³/mol. The molecule has 1 aromatic rings. The predicted octanol–water partition coefficient (Wildman–Crippen LogP) is 2.92. The van der Waals surface area contributed by atoms with Gasteiger partial charge in [-0.05, 0) is 54.0 Å². The smallest absolute Gasteiger partial charge is 0.169 e. The summed E-state index contributed by atoms with van der Waals surface area (Å²) in [7, 11) is 0. The second kappa shape index (κ2) is 5.84. The van der Waals surface area contributed by atoms with Crippen LogP contribution in [-0.2, 0) is 0 Å². The topological polar surface area (TPSA) is 42.4 Å². The number of nitrogens with zero attached hydrogens (tertiary/aromatic N) is 1. The van der Waals surface area contributed by atoms with Crippen molar-refractivity contribution < 1.29 is 4.42 Å². The summed E-state index contributed by atoms with van der Waals surface area (Å²) in [6.45, 7) is 3.26. The number of nitrogens with two attached hydrogens (primary N) is 1. The number of hydrogen-bond donors (Lipinski definition) is 1. The molecule has 3 nitrogen and oxygen atoms in total. The van der Waals surface area contributed by atoms with Crippen molar-refractivity contribution in [2.45, 2.75) is 31.7 Å². The lowest BCUT2D eigenvalue weighted by Gasteiger charge is -2.22. The van der Waals surface area contributed by atoms with Crippen LogP contribution in [0, 0.1) is 0 Å². The fourth-order valence-corrected chi connectivity index (χ4v) is 2.53. The van der Waals surface area contributed by atoms with Crippen molar-refractivity contribution in [2.75, 3.05) is 19.6 Å². The summed E-state index contributed by atoms with van der Waals surface area (Å²) in [4.78, 5) is 2.45. The summed E-state index contributed by atoms with van der Waals surface area (Å²) in [6.07, 6.45) is 5.32. The number of rotatable bonds is 3. The van der Waals surface area contributed by atoms with Crippen molar-refractivity contribution in [3.63, 3.8) is 0 Å². The van der Waals surface area contributed by atoms with Gasteiger partial charge in [-0.1, -0.05) is 12.8 Å². The van der Waals surface area contributed by atoms with Gasteiger partial charge in [0, 0.05) is 6.54 Å². The van der Waals surface area contributed by atoms with Gasteiger partial charge in [-0.25, -0.2) is 0 Å². The van der Waals surface area contributed by atoms with Crippen molar-refractivity contribution in [1.29, 1.82) is 0 Å². The lowest BCUT2D eigenvalue weighted by Crippen LogP contribution is -2.32. The molecule has 0 spiro atoms. The maximum atomic E-state index is 6.13. The molecule has 16 heavy (non-hydrogen) atoms. The number of furan rings is 1. The first-order chi connectivity index (χ1) is 7.75. The Hall–Kier alpha value is -0.320. The average Bonchev–Trinajstić information content (AvgIpc) is 2.54. The van der Waals surface area contributed by atoms with Crippen molar-refractivity contribution in [2.24, 2.45) is 5.73 Å². The van der Waals surface area contributed by atoms with Gasteiger partial charge in [-0.15, -0.1) is 0 Å². The minimum Gasteiger partial charge on any atom is -0.453 e. The van der Waals surface area contributed by atoms with E-state index in [1.807, 2.05) is 12.1 Å². The quantitative estimate of drug-likeness (QED) is 0.929. The normalized spacial score (nSPS) is 20.6. The molecule has 1 aromatic heterocycles. The third-order valence-electron chi connectivity index (χ3n) is 3.11. The third-order valence-corrected chi connectivity index (χ3v) is 3.54. The van der Waals surface area contributed by atoms with E-state index in [2.05, 4.69) is 20.8 Å². The van der Waals surface area contributed by atoms with Gasteiger partial charge in [0.1, 0.15) is 5.76 Å². The Kier molecular flexibility index (Phi) is 4.44. The lowest BCUT2D eigenvalue weighted by atomic mass is 10.2. The van der Waals surface area contributed by atoms with Crippen LogP contribution in [0.3, 0.4) is 0 Å². The highest BCUT2D eigenvalue weighted by atomic mass is 79.9. The number of likely N-dealkylation sites (tertiary alicyclic amines) is 1. The van der Waals surface area contributed by atoms with Crippen LogP contribution in [-0.4, -0.2) is 24.5 Å². The SMILES string of the molecule is NC(CN1CCCCCC1)c1ccc(Br)o1. The molecule has 0 amide bonds. The van der Waals surface area contributed by atoms with Crippen LogP contribution in [0.1, 0.15) is 37.5 Å². The summed E-state index contributed by atoms with van der Waals surface area (Å²) >= 11 is 3.30. The molecule has 0 radical (unpaired) electrons. The summed E-state index contributed by atoms with van der Waals surface area (Å²) in [6, 6.07) is 3.84. The van der Waals surface area contributed by atoms with E-state index in [1.54, 1.807) is 0 Å². The van der Waals surface area contributed by atoms with Crippen LogP contribution in [0.2, 0.25) is 0 Å². The highest BCUT2D eigenvalue weighted by Crippen LogP contribution is 2.20. The van der Waals surface area contributed by atoms with E-state index in [0.29, 0.717) is 0 Å². The fourth-order valence-electron chi connectivity index (χ4n) is 2.21. The molecule has 1 unspecified atom stereocenters. The molecule has 0 saturated carbocycles. The van der Waals surface area contributed by atoms with E-state index in [0.717, 1.165) is 17.0 Å². The van der Waals surface area contributed by atoms with Gasteiger partial charge in [0.25, 0.3) is 0 Å². The Bertz CT molecular complexity index is 319. The minimum atomic E-state index is -0.00981. The Morgan fingerprint density at radius 1 is 1.25 bits per heavy atom. The maximum Gasteiger partial charge on any atom is 0.169 e. The Morgan fingerprint density at radius 2 is 1.94 bits per heavy atom. The van der Waals surface area contributed by atoms with E-state index < -0.39 is 0 Å². The van der Waals surface area contributed by atoms with Gasteiger partial charge in [-0.3, -0.25) is 0 Å². The number of hydrogen-bond acceptors (Lipinski definition) is 3. The third kappa shape index (κ3) is 3.34. The van der Waals surface area contributed by atoms with Crippen LogP contribution in [0.25, 0.3) is 0 Å². The molecule has 0 bridgehead atoms. The summed E-state index contributed by atoms with van der Waals surface area (Å²) in [5, 5.41) is 0. The summed E-state index contributed by atoms with van der Waals surface area (Å²) in [5.74, 6) is 0.871. The Balaban J connectivity index is 1.88. The average molecular weight is 287 g/mol. The van der Waals surface area contributed by atoms with E-state index in [-0.39, 0.29) is 6.04 Å². The molecular weight excluding hydrogens is 268 g/mol. The van der Waals surface area contributed by atoms with Gasteiger partial charge in [-0.2, -0.15) is 0 Å². The minimum absolute atomic E-state index is 0.00981. The molecule has 2 rings (SSSR count). The van der Waals surface area contributed by atoms with Crippen LogP contribution in [0.4, 0.5) is 0 Å². The molecular formula is C12H19BrN2O. The van der Waals surface area contributed by atoms with Crippen LogP contribution in [0.15, 0.2) is 21.2 Å². The van der Waals surface area contributed by atoms with Gasteiger partial charge in [0.05, 0.1) is 6.04 Å². The van der Waals surface area contributed by atoms with Crippen LogP contribution >= 0.6 is 15.9 Å². The molecule has 2 heterocycles. The van der Waals surface area contributed by atoms with Gasteiger partial charge >= 0.3 is 0 Å². The zero-order valence-electron chi connectivity index (χ0n) is 9.49. The summed E-state index contributed by atoms with van der Waals surface area (Å²) < 4.78 is 6.24. The molecule has 1 aliphatic heterocycles. The van der Waals surface area contributed by atoms with Crippen molar-refractivity contribution >= 4 is 15.9 Å². The van der Waals surface area contributed by atoms with Crippen LogP contribution in [0.5, 0.6) is 0 Å². The standard InChI is InChI=1S/C12H19BrN2O/c13-12-6-5-11(16-12)10(14)9-15-7-3-1-2-4-8-15/h5-6,10H,1-4,7-9,14H2. The molecule has 1 saturated heterocycles. The van der Waals surface area contributed by atoms with Gasteiger partial charge in [0.15, 0.2) is 4.67 Å². The fraction of sp³-hybridized carbons (Fsp3) is 0.667. The summed E-state index contributed by atoms with van der Waals surface area (Å²) in [5.41, 5.74) is 6.13. The highest BCUT2D eigenvalue weighted by Gasteiger charge is 2.16. The van der Waals surface area contributed by atoms with Crippen molar-refractivity contribution in [3.05, 3.63) is 22.6 Å². The zero-order chi connectivity index (χ0) is 11.4. The molecule has 1 atom stereocenters. The van der Waals surface area contributed by atoms with E-state index in [4.69, 9.17) is 10.2 Å². The second-order valence-electron chi connectivity index (χ2n) is 4.46. The monoisotopic (exact) mass is 286 g/mol. The van der Waals surface area contributed by atoms with Gasteiger partial charge < -0.3 is 15.1 Å². The molecule has 0 aromatic carbocycles. The van der Waals surface area contributed by atoms with Gasteiger partial charge in [0.2, 0.25) is 0 Å². The molecule has 4 heteroatoms. The first-order valence-electron chi connectivity index (χ1n) is 5.99. The van der Waals surface area contributed by atoms with E-state index in [9.17, 15) is 0 Å². The largest absolute Gasteiger partial charge is 0.453 e. The van der Waals surface area contributed by atoms with E-state index >= 15 is 0 Å². The molecule has 2 N–H and O–H groups in total. The Labute approximate surface area is 105 Å². The molecule has 1 fully saturated rings. The highest BCUT2D eigenvalue weighted by molar-refractivity contribution is 9.10. The Morgan fingerprint density at radius 3 is 2.50 bits per heavy atom. The van der Waals surface area contributed by atoms with E-state index in [1.165, 1.54) is 38.8 Å². The van der Waals surface area contributed by atoms with Crippen LogP contribution < -0.4 is 5.73 Å². The molecule has 90 valence electrons. The first kappa shape index (κ1) is 12.1. The number of halogens is 1. The molecule has 1 aliphatic rings. The lowest BCUT2D eigenvalue weighted by molar-refractivity contribution is 0.255. The molecule has 0 aliphatic carbocycles.